The van der Waals surface area contributed by atoms with E-state index in [1.165, 1.54) is 4.68 Å². The number of anilines is 2. The van der Waals surface area contributed by atoms with Crippen LogP contribution in [0.5, 0.6) is 0 Å². The molecule has 0 unspecified atom stereocenters. The van der Waals surface area contributed by atoms with E-state index in [0.717, 1.165) is 0 Å². The highest BCUT2D eigenvalue weighted by atomic mass is 79.9. The average Bonchev–Trinajstić information content (AvgIpc) is 2.61. The van der Waals surface area contributed by atoms with Crippen molar-refractivity contribution in [1.82, 2.24) is 14.8 Å². The Morgan fingerprint density at radius 3 is 2.94 bits per heavy atom. The van der Waals surface area contributed by atoms with Crippen LogP contribution in [0.25, 0.3) is 0 Å². The summed E-state index contributed by atoms with van der Waals surface area (Å²) in [4.78, 5) is 15.9. The van der Waals surface area contributed by atoms with Gasteiger partial charge in [0.1, 0.15) is 5.82 Å². The molecule has 1 amide bonds. The van der Waals surface area contributed by atoms with Gasteiger partial charge in [-0.3, -0.25) is 9.48 Å². The van der Waals surface area contributed by atoms with Crippen molar-refractivity contribution in [3.8, 4) is 0 Å². The first-order valence-electron chi connectivity index (χ1n) is 4.79. The van der Waals surface area contributed by atoms with E-state index in [-0.39, 0.29) is 11.6 Å². The zero-order valence-corrected chi connectivity index (χ0v) is 10.6. The third-order valence-electron chi connectivity index (χ3n) is 2.06. The van der Waals surface area contributed by atoms with Crippen LogP contribution in [-0.4, -0.2) is 20.7 Å². The van der Waals surface area contributed by atoms with Crippen molar-refractivity contribution < 1.29 is 4.79 Å². The molecule has 0 aliphatic rings. The fourth-order valence-corrected chi connectivity index (χ4v) is 1.68. The molecule has 6 nitrogen and oxygen atoms in total. The Kier molecular flexibility index (Phi) is 3.10. The van der Waals surface area contributed by atoms with Crippen molar-refractivity contribution in [1.29, 1.82) is 0 Å². The number of nitrogens with two attached hydrogens (primary N) is 1. The molecule has 7 heteroatoms. The zero-order chi connectivity index (χ0) is 12.4. The molecule has 88 valence electrons. The van der Waals surface area contributed by atoms with Crippen molar-refractivity contribution >= 4 is 33.3 Å². The molecule has 0 atom stereocenters. The third kappa shape index (κ3) is 2.44. The Balaban J connectivity index is 2.23. The standard InChI is InChI=1S/C10H10BrN5O/c1-16-5-7(12)8(15-16)10(17)14-9-6(11)3-2-4-13-9/h2-5H,12H2,1H3,(H,13,14,17). The molecule has 2 aromatic rings. The van der Waals surface area contributed by atoms with Crippen LogP contribution in [0.1, 0.15) is 10.5 Å². The highest BCUT2D eigenvalue weighted by Gasteiger charge is 2.15. The largest absolute Gasteiger partial charge is 0.396 e. The lowest BCUT2D eigenvalue weighted by molar-refractivity contribution is 0.102. The van der Waals surface area contributed by atoms with Crippen LogP contribution >= 0.6 is 15.9 Å². The number of hydrogen-bond acceptors (Lipinski definition) is 4. The Morgan fingerprint density at radius 1 is 1.59 bits per heavy atom. The second-order valence-corrected chi connectivity index (χ2v) is 4.25. The van der Waals surface area contributed by atoms with E-state index in [9.17, 15) is 4.79 Å². The van der Waals surface area contributed by atoms with E-state index in [2.05, 4.69) is 31.3 Å². The highest BCUT2D eigenvalue weighted by Crippen LogP contribution is 2.19. The Morgan fingerprint density at radius 2 is 2.35 bits per heavy atom. The van der Waals surface area contributed by atoms with Gasteiger partial charge in [-0.25, -0.2) is 4.98 Å². The predicted octanol–water partition coefficient (Wildman–Crippen LogP) is 1.41. The molecule has 0 aliphatic heterocycles. The van der Waals surface area contributed by atoms with Crippen LogP contribution < -0.4 is 11.1 Å². The van der Waals surface area contributed by atoms with Crippen LogP contribution in [-0.2, 0) is 7.05 Å². The molecule has 0 fully saturated rings. The third-order valence-corrected chi connectivity index (χ3v) is 2.70. The molecule has 2 rings (SSSR count). The quantitative estimate of drug-likeness (QED) is 0.877. The van der Waals surface area contributed by atoms with E-state index in [1.54, 1.807) is 31.6 Å². The molecular formula is C10H10BrN5O. The van der Waals surface area contributed by atoms with Crippen LogP contribution in [0, 0.1) is 0 Å². The Bertz CT molecular complexity index is 566. The molecule has 17 heavy (non-hydrogen) atoms. The summed E-state index contributed by atoms with van der Waals surface area (Å²) in [5, 5.41) is 6.60. The molecule has 0 saturated heterocycles. The number of aryl methyl sites for hydroxylation is 1. The van der Waals surface area contributed by atoms with Crippen molar-refractivity contribution in [2.45, 2.75) is 0 Å². The van der Waals surface area contributed by atoms with Gasteiger partial charge in [-0.2, -0.15) is 5.10 Å². The van der Waals surface area contributed by atoms with Crippen LogP contribution in [0.2, 0.25) is 0 Å². The monoisotopic (exact) mass is 295 g/mol. The van der Waals surface area contributed by atoms with Gasteiger partial charge in [-0.15, -0.1) is 0 Å². The fourth-order valence-electron chi connectivity index (χ4n) is 1.33. The lowest BCUT2D eigenvalue weighted by Gasteiger charge is -2.04. The Labute approximate surface area is 106 Å². The summed E-state index contributed by atoms with van der Waals surface area (Å²) in [5.41, 5.74) is 6.17. The maximum atomic E-state index is 11.9. The predicted molar refractivity (Wildman–Crippen MR) is 67.5 cm³/mol. The zero-order valence-electron chi connectivity index (χ0n) is 9.01. The minimum absolute atomic E-state index is 0.185. The number of carbonyl (C=O) groups excluding carboxylic acids is 1. The van der Waals surface area contributed by atoms with Gasteiger partial charge < -0.3 is 11.1 Å². The number of nitrogens with one attached hydrogen (secondary N) is 1. The number of amides is 1. The second kappa shape index (κ2) is 4.54. The first-order chi connectivity index (χ1) is 8.08. The van der Waals surface area contributed by atoms with E-state index in [0.29, 0.717) is 16.0 Å². The lowest BCUT2D eigenvalue weighted by Crippen LogP contribution is -2.15. The van der Waals surface area contributed by atoms with E-state index < -0.39 is 0 Å². The maximum Gasteiger partial charge on any atom is 0.279 e. The van der Waals surface area contributed by atoms with Gasteiger partial charge in [-0.05, 0) is 28.1 Å². The van der Waals surface area contributed by atoms with Crippen LogP contribution in [0.3, 0.4) is 0 Å². The molecule has 0 bridgehead atoms. The van der Waals surface area contributed by atoms with Crippen molar-refractivity contribution in [3.05, 3.63) is 34.7 Å². The summed E-state index contributed by atoms with van der Waals surface area (Å²) in [5.74, 6) is 0.0463. The smallest absolute Gasteiger partial charge is 0.279 e. The molecular weight excluding hydrogens is 286 g/mol. The second-order valence-electron chi connectivity index (χ2n) is 3.39. The van der Waals surface area contributed by atoms with Crippen molar-refractivity contribution in [2.75, 3.05) is 11.1 Å². The van der Waals surface area contributed by atoms with Gasteiger partial charge in [0.25, 0.3) is 5.91 Å². The molecule has 0 saturated carbocycles. The van der Waals surface area contributed by atoms with Gasteiger partial charge in [0.2, 0.25) is 0 Å². The molecule has 0 radical (unpaired) electrons. The summed E-state index contributed by atoms with van der Waals surface area (Å²) in [6.07, 6.45) is 3.16. The molecule has 0 spiro atoms. The molecule has 2 aromatic heterocycles. The number of aromatic nitrogens is 3. The number of rotatable bonds is 2. The fraction of sp³-hybridized carbons (Fsp3) is 0.100. The summed E-state index contributed by atoms with van der Waals surface area (Å²) < 4.78 is 2.18. The minimum Gasteiger partial charge on any atom is -0.396 e. The molecule has 3 N–H and O–H groups in total. The van der Waals surface area contributed by atoms with E-state index >= 15 is 0 Å². The number of hydrogen-bond donors (Lipinski definition) is 2. The summed E-state index contributed by atoms with van der Waals surface area (Å²) in [6.45, 7) is 0. The number of nitrogen functional groups attached to an aromatic ring is 1. The van der Waals surface area contributed by atoms with Crippen molar-refractivity contribution in [3.63, 3.8) is 0 Å². The number of carbonyl (C=O) groups is 1. The van der Waals surface area contributed by atoms with E-state index in [1.807, 2.05) is 0 Å². The van der Waals surface area contributed by atoms with Gasteiger partial charge in [-0.1, -0.05) is 0 Å². The van der Waals surface area contributed by atoms with Gasteiger partial charge in [0.15, 0.2) is 5.69 Å². The lowest BCUT2D eigenvalue weighted by atomic mass is 10.3. The van der Waals surface area contributed by atoms with Crippen molar-refractivity contribution in [2.24, 2.45) is 7.05 Å². The first kappa shape index (κ1) is 11.6. The van der Waals surface area contributed by atoms with Gasteiger partial charge in [0, 0.05) is 19.4 Å². The SMILES string of the molecule is Cn1cc(N)c(C(=O)Nc2ncccc2Br)n1. The highest BCUT2D eigenvalue weighted by molar-refractivity contribution is 9.10. The van der Waals surface area contributed by atoms with Crippen LogP contribution in [0.4, 0.5) is 11.5 Å². The summed E-state index contributed by atoms with van der Waals surface area (Å²) in [6, 6.07) is 3.54. The molecule has 0 aliphatic carbocycles. The van der Waals surface area contributed by atoms with Crippen LogP contribution in [0.15, 0.2) is 29.0 Å². The Hall–Kier alpha value is -1.89. The van der Waals surface area contributed by atoms with Gasteiger partial charge >= 0.3 is 0 Å². The maximum absolute atomic E-state index is 11.9. The normalized spacial score (nSPS) is 10.2. The summed E-state index contributed by atoms with van der Waals surface area (Å²) >= 11 is 3.29. The number of halogens is 1. The first-order valence-corrected chi connectivity index (χ1v) is 5.58. The molecule has 2 heterocycles. The minimum atomic E-state index is -0.387. The topological polar surface area (TPSA) is 85.8 Å². The number of nitrogens with zero attached hydrogens (tertiary/aromatic N) is 3. The van der Waals surface area contributed by atoms with E-state index in [4.69, 9.17) is 5.73 Å². The molecule has 0 aromatic carbocycles. The number of pyridine rings is 1. The van der Waals surface area contributed by atoms with Gasteiger partial charge in [0.05, 0.1) is 10.2 Å². The average molecular weight is 296 g/mol. The summed E-state index contributed by atoms with van der Waals surface area (Å²) in [7, 11) is 1.70.